The second-order valence-electron chi connectivity index (χ2n) is 14.5. The highest BCUT2D eigenvalue weighted by molar-refractivity contribution is 6.98. The van der Waals surface area contributed by atoms with E-state index in [-0.39, 0.29) is 0 Å². The van der Waals surface area contributed by atoms with E-state index < -0.39 is 75.6 Å². The molecule has 288 valence electrons. The van der Waals surface area contributed by atoms with Gasteiger partial charge in [-0.2, -0.15) is 0 Å². The van der Waals surface area contributed by atoms with Crippen LogP contribution in [-0.2, 0) is 24.7 Å². The zero-order chi connectivity index (χ0) is 41.2. The molecule has 0 heterocycles. The fourth-order valence-corrected chi connectivity index (χ4v) is 36.8. The van der Waals surface area contributed by atoms with Gasteiger partial charge < -0.3 is 24.7 Å². The predicted octanol–water partition coefficient (Wildman–Crippen LogP) is 11.3. The Morgan fingerprint density at radius 3 is 0.627 bits per heavy atom. The predicted molar refractivity (Wildman–Crippen MR) is 251 cm³/mol. The second-order valence-corrected chi connectivity index (χ2v) is 47.3. The summed E-state index contributed by atoms with van der Waals surface area (Å²) < 4.78 is 37.1. The Morgan fingerprint density at radius 2 is 0.451 bits per heavy atom. The Kier molecular flexibility index (Phi) is 23.4. The molecule has 0 unspecified atom stereocenters. The molecular weight excluding hydrogens is 781 g/mol. The molecule has 0 aliphatic heterocycles. The van der Waals surface area contributed by atoms with Gasteiger partial charge in [0.15, 0.2) is 16.6 Å². The molecule has 0 saturated heterocycles. The molecule has 0 aliphatic carbocycles. The molecule has 0 aliphatic rings. The first-order chi connectivity index (χ1) is 23.0. The second kappa shape index (κ2) is 22.1. The van der Waals surface area contributed by atoms with Crippen LogP contribution in [0.2, 0.25) is 78.6 Å². The lowest BCUT2D eigenvalue weighted by Crippen LogP contribution is -2.53. The third-order valence-corrected chi connectivity index (χ3v) is 38.7. The smallest absolute Gasteiger partial charge is 0.312 e. The third-order valence-electron chi connectivity index (χ3n) is 7.31. The molecule has 0 saturated carbocycles. The normalized spacial score (nSPS) is 12.9. The quantitative estimate of drug-likeness (QED) is 0.0902. The van der Waals surface area contributed by atoms with Crippen molar-refractivity contribution >= 4 is 75.6 Å². The topological polar surface area (TPSA) is 55.4 Å². The lowest BCUT2D eigenvalue weighted by molar-refractivity contribution is 0.399. The molecule has 0 rings (SSSR count). The maximum atomic E-state index is 6.23. The highest BCUT2D eigenvalue weighted by Crippen LogP contribution is 2.25. The van der Waals surface area contributed by atoms with Crippen LogP contribution in [-0.4, -0.2) is 75.6 Å². The summed E-state index contributed by atoms with van der Waals surface area (Å²) in [6, 6.07) is 0. The Balaban J connectivity index is -0.000000683. The summed E-state index contributed by atoms with van der Waals surface area (Å²) in [5, 5.41) is 0. The SMILES string of the molecule is C=C[Si](C)(C)O[Si](C)(C)O[Si](C)(C)C=C.C=C[Si](C)(C=C)O[Si](C)(C)O[Si](C)(C=C)C=C.C=C[Si](C=C)(C=C)O[Si](C)(C)O[Si](C=C)(C=C)C=C. The van der Waals surface area contributed by atoms with E-state index in [0.29, 0.717) is 0 Å². The fraction of sp³-hybridized carbons (Fsp3) is 0.333. The first-order valence-electron chi connectivity index (χ1n) is 16.8. The first kappa shape index (κ1) is 53.9. The Labute approximate surface area is 324 Å². The van der Waals surface area contributed by atoms with E-state index in [9.17, 15) is 0 Å². The standard InChI is InChI=1S/C14H24O2Si3.C12H24O2Si3.C10H24O2Si3/c1-9-18(10-2,11-3)15-17(7,8)16-19(12-4,13-5)14-6;1-9-16(7,10-2)13-15(5,6)14-17(8,11-3)12-4;1-9-13(3,4)11-15(7,8)12-14(5,6)10-2/h9-14H,1-6H2,7-8H3;9-12H,1-4H2,5-8H3;9-10H,1-2H2,3-8H3. The van der Waals surface area contributed by atoms with Crippen LogP contribution in [0.25, 0.3) is 0 Å². The Bertz CT molecular complexity index is 1120. The van der Waals surface area contributed by atoms with Gasteiger partial charge in [-0.1, -0.05) is 68.4 Å². The zero-order valence-electron chi connectivity index (χ0n) is 34.4. The summed E-state index contributed by atoms with van der Waals surface area (Å²) >= 11 is 0. The summed E-state index contributed by atoms with van der Waals surface area (Å²) in [5.74, 6) is 0. The van der Waals surface area contributed by atoms with Crippen molar-refractivity contribution in [2.75, 3.05) is 0 Å². The van der Waals surface area contributed by atoms with Gasteiger partial charge in [0.2, 0.25) is 16.6 Å². The molecule has 15 heteroatoms. The number of hydrogen-bond donors (Lipinski definition) is 0. The highest BCUT2D eigenvalue weighted by Gasteiger charge is 2.42. The summed E-state index contributed by atoms with van der Waals surface area (Å²) in [6.07, 6.45) is 0. The maximum Gasteiger partial charge on any atom is 0.312 e. The fourth-order valence-electron chi connectivity index (χ4n) is 4.41. The molecule has 0 radical (unpaired) electrons. The molecular formula is C36H72O6Si9. The van der Waals surface area contributed by atoms with Crippen LogP contribution in [0, 0.1) is 0 Å². The van der Waals surface area contributed by atoms with Crippen molar-refractivity contribution in [1.82, 2.24) is 0 Å². The number of rotatable bonds is 24. The molecule has 0 amide bonds. The summed E-state index contributed by atoms with van der Waals surface area (Å²) in [6.45, 7) is 70.9. The third kappa shape index (κ3) is 21.2. The summed E-state index contributed by atoms with van der Waals surface area (Å²) in [4.78, 5) is 0. The average molecular weight is 854 g/mol. The van der Waals surface area contributed by atoms with Crippen LogP contribution in [0.15, 0.2) is 147 Å². The van der Waals surface area contributed by atoms with Gasteiger partial charge in [-0.3, -0.25) is 0 Å². The van der Waals surface area contributed by atoms with Crippen molar-refractivity contribution in [1.29, 1.82) is 0 Å². The van der Waals surface area contributed by atoms with Gasteiger partial charge in [-0.05, 0) is 78.6 Å². The Morgan fingerprint density at radius 1 is 0.255 bits per heavy atom. The van der Waals surface area contributed by atoms with Gasteiger partial charge in [-0.25, -0.2) is 0 Å². The lowest BCUT2D eigenvalue weighted by atomic mass is 11.2. The van der Waals surface area contributed by atoms with E-state index in [1.165, 1.54) is 0 Å². The van der Waals surface area contributed by atoms with E-state index in [2.05, 4.69) is 131 Å². The van der Waals surface area contributed by atoms with E-state index in [1.807, 2.05) is 60.4 Å². The summed E-state index contributed by atoms with van der Waals surface area (Å²) in [7, 11) is -18.9. The van der Waals surface area contributed by atoms with Crippen LogP contribution in [0.1, 0.15) is 0 Å². The molecule has 0 atom stereocenters. The van der Waals surface area contributed by atoms with Crippen LogP contribution >= 0.6 is 0 Å². The van der Waals surface area contributed by atoms with Gasteiger partial charge in [0.1, 0.15) is 0 Å². The van der Waals surface area contributed by atoms with Crippen molar-refractivity contribution < 1.29 is 24.7 Å². The average Bonchev–Trinajstić information content (AvgIpc) is 3.05. The van der Waals surface area contributed by atoms with E-state index >= 15 is 0 Å². The molecule has 0 aromatic heterocycles. The monoisotopic (exact) mass is 852 g/mol. The minimum absolute atomic E-state index is 1.74. The lowest BCUT2D eigenvalue weighted by Gasteiger charge is -2.37. The Hall–Kier alpha value is -1.41. The molecule has 0 bridgehead atoms. The summed E-state index contributed by atoms with van der Waals surface area (Å²) in [5.41, 5.74) is 22.2. The molecule has 6 nitrogen and oxygen atoms in total. The molecule has 0 aromatic rings. The van der Waals surface area contributed by atoms with Crippen LogP contribution in [0.5, 0.6) is 0 Å². The van der Waals surface area contributed by atoms with Crippen molar-refractivity contribution in [2.24, 2.45) is 0 Å². The zero-order valence-corrected chi connectivity index (χ0v) is 43.4. The minimum atomic E-state index is -2.40. The van der Waals surface area contributed by atoms with E-state index in [4.69, 9.17) is 24.7 Å². The van der Waals surface area contributed by atoms with Crippen LogP contribution in [0.4, 0.5) is 0 Å². The van der Waals surface area contributed by atoms with Crippen molar-refractivity contribution in [3.8, 4) is 0 Å². The van der Waals surface area contributed by atoms with Crippen LogP contribution < -0.4 is 0 Å². The van der Waals surface area contributed by atoms with E-state index in [0.717, 1.165) is 0 Å². The van der Waals surface area contributed by atoms with Gasteiger partial charge >= 0.3 is 25.7 Å². The van der Waals surface area contributed by atoms with E-state index in [1.54, 1.807) is 34.2 Å². The molecule has 0 spiro atoms. The van der Waals surface area contributed by atoms with Gasteiger partial charge in [0, 0.05) is 0 Å². The van der Waals surface area contributed by atoms with Crippen molar-refractivity contribution in [3.05, 3.63) is 147 Å². The minimum Gasteiger partial charge on any atom is -0.433 e. The van der Waals surface area contributed by atoms with Crippen molar-refractivity contribution in [2.45, 2.75) is 78.6 Å². The molecule has 0 aromatic carbocycles. The molecule has 0 fully saturated rings. The van der Waals surface area contributed by atoms with Gasteiger partial charge in [-0.15, -0.1) is 78.9 Å². The first-order valence-corrected chi connectivity index (χ1v) is 40.6. The maximum absolute atomic E-state index is 6.23. The van der Waals surface area contributed by atoms with Crippen molar-refractivity contribution in [3.63, 3.8) is 0 Å². The number of hydrogen-bond acceptors (Lipinski definition) is 6. The largest absolute Gasteiger partial charge is 0.433 e. The highest BCUT2D eigenvalue weighted by atomic mass is 28.5. The molecule has 0 N–H and O–H groups in total. The van der Waals surface area contributed by atoms with Gasteiger partial charge in [0.25, 0.3) is 16.6 Å². The van der Waals surface area contributed by atoms with Crippen LogP contribution in [0.3, 0.4) is 0 Å². The van der Waals surface area contributed by atoms with Gasteiger partial charge in [0.05, 0.1) is 0 Å². The molecule has 51 heavy (non-hydrogen) atoms.